The van der Waals surface area contributed by atoms with Gasteiger partial charge >= 0.3 is 0 Å². The van der Waals surface area contributed by atoms with Crippen molar-refractivity contribution >= 4 is 19.0 Å². The van der Waals surface area contributed by atoms with Crippen LogP contribution >= 0.6 is 19.0 Å². The molecule has 0 bridgehead atoms. The zero-order chi connectivity index (χ0) is 12.1. The van der Waals surface area contributed by atoms with E-state index in [2.05, 4.69) is 6.07 Å². The third-order valence-electron chi connectivity index (χ3n) is 2.07. The maximum absolute atomic E-state index is 9.06. The summed E-state index contributed by atoms with van der Waals surface area (Å²) in [6.45, 7) is 7.81. The second-order valence-electron chi connectivity index (χ2n) is 4.20. The van der Waals surface area contributed by atoms with Gasteiger partial charge in [-0.3, -0.25) is 0 Å². The van der Waals surface area contributed by atoms with Gasteiger partial charge in [-0.05, 0) is 45.4 Å². The predicted octanol–water partition coefficient (Wildman–Crippen LogP) is 3.17. The minimum absolute atomic E-state index is 0.0922. The first-order chi connectivity index (χ1) is 6.81. The number of halogens is 1. The largest absolute Gasteiger partial charge is 0.337 e. The summed E-state index contributed by atoms with van der Waals surface area (Å²) in [5, 5.41) is 10.2. The zero-order valence-electron chi connectivity index (χ0n) is 9.57. The fourth-order valence-corrected chi connectivity index (χ4v) is 2.20. The SMILES string of the molecule is CC(C)N(OP(O)Cl)C(C)(C)CCC#N. The van der Waals surface area contributed by atoms with Crippen molar-refractivity contribution in [1.82, 2.24) is 5.06 Å². The molecule has 1 atom stereocenters. The Balaban J connectivity index is 4.52. The number of hydroxylamine groups is 2. The fraction of sp³-hybridized carbons (Fsp3) is 0.889. The Morgan fingerprint density at radius 3 is 2.47 bits per heavy atom. The summed E-state index contributed by atoms with van der Waals surface area (Å²) in [5.74, 6) is 0. The monoisotopic (exact) mass is 252 g/mol. The number of nitriles is 1. The van der Waals surface area contributed by atoms with Gasteiger partial charge in [-0.25, -0.2) is 4.62 Å². The molecule has 0 aliphatic rings. The first kappa shape index (κ1) is 15.1. The summed E-state index contributed by atoms with van der Waals surface area (Å²) >= 11 is 5.45. The fourth-order valence-electron chi connectivity index (χ4n) is 1.45. The van der Waals surface area contributed by atoms with Crippen LogP contribution in [0.25, 0.3) is 0 Å². The van der Waals surface area contributed by atoms with E-state index in [1.54, 1.807) is 5.06 Å². The summed E-state index contributed by atoms with van der Waals surface area (Å²) in [4.78, 5) is 9.06. The molecule has 6 heteroatoms. The molecule has 88 valence electrons. The van der Waals surface area contributed by atoms with Crippen LogP contribution in [0.1, 0.15) is 40.5 Å². The van der Waals surface area contributed by atoms with Crippen molar-refractivity contribution in [3.8, 4) is 6.07 Å². The summed E-state index contributed by atoms with van der Waals surface area (Å²) in [6.07, 6.45) is 1.12. The van der Waals surface area contributed by atoms with Crippen molar-refractivity contribution in [2.24, 2.45) is 0 Å². The second kappa shape index (κ2) is 6.62. The van der Waals surface area contributed by atoms with E-state index in [9.17, 15) is 0 Å². The molecule has 0 saturated carbocycles. The lowest BCUT2D eigenvalue weighted by Crippen LogP contribution is -2.46. The van der Waals surface area contributed by atoms with Gasteiger partial charge in [0, 0.05) is 18.0 Å². The van der Waals surface area contributed by atoms with Crippen LogP contribution in [-0.2, 0) is 4.62 Å². The highest BCUT2D eigenvalue weighted by atomic mass is 35.7. The van der Waals surface area contributed by atoms with Gasteiger partial charge < -0.3 is 4.89 Å². The topological polar surface area (TPSA) is 56.5 Å². The van der Waals surface area contributed by atoms with Crippen LogP contribution < -0.4 is 0 Å². The third kappa shape index (κ3) is 5.65. The quantitative estimate of drug-likeness (QED) is 0.583. The molecule has 1 N–H and O–H groups in total. The molecule has 0 fully saturated rings. The molecule has 0 rings (SSSR count). The molecular weight excluding hydrogens is 235 g/mol. The van der Waals surface area contributed by atoms with Crippen LogP contribution in [0.5, 0.6) is 0 Å². The molecule has 0 aliphatic heterocycles. The van der Waals surface area contributed by atoms with Crippen LogP contribution in [0, 0.1) is 11.3 Å². The molecule has 0 aromatic heterocycles. The normalized spacial score (nSPS) is 14.3. The highest BCUT2D eigenvalue weighted by molar-refractivity contribution is 7.75. The van der Waals surface area contributed by atoms with Crippen LogP contribution in [0.3, 0.4) is 0 Å². The van der Waals surface area contributed by atoms with Gasteiger partial charge in [0.15, 0.2) is 0 Å². The maximum Gasteiger partial charge on any atom is 0.292 e. The van der Waals surface area contributed by atoms with Crippen molar-refractivity contribution in [2.45, 2.75) is 52.1 Å². The first-order valence-electron chi connectivity index (χ1n) is 4.80. The smallest absolute Gasteiger partial charge is 0.292 e. The highest BCUT2D eigenvalue weighted by Gasteiger charge is 2.31. The van der Waals surface area contributed by atoms with Crippen LogP contribution in [0.4, 0.5) is 0 Å². The summed E-state index contributed by atoms with van der Waals surface area (Å²) in [6, 6.07) is 2.19. The Labute approximate surface area is 97.4 Å². The van der Waals surface area contributed by atoms with E-state index in [1.807, 2.05) is 27.7 Å². The molecule has 1 unspecified atom stereocenters. The Morgan fingerprint density at radius 1 is 1.60 bits per heavy atom. The molecule has 0 aromatic carbocycles. The molecule has 0 saturated heterocycles. The van der Waals surface area contributed by atoms with Gasteiger partial charge in [0.2, 0.25) is 0 Å². The molecule has 0 radical (unpaired) electrons. The number of rotatable bonds is 6. The van der Waals surface area contributed by atoms with Gasteiger partial charge in [0.1, 0.15) is 0 Å². The molecule has 4 nitrogen and oxygen atoms in total. The van der Waals surface area contributed by atoms with Crippen molar-refractivity contribution in [3.05, 3.63) is 0 Å². The summed E-state index contributed by atoms with van der Waals surface area (Å²) in [7, 11) is -1.94. The van der Waals surface area contributed by atoms with Crippen molar-refractivity contribution in [2.75, 3.05) is 0 Å². The average molecular weight is 253 g/mol. The Morgan fingerprint density at radius 2 is 2.13 bits per heavy atom. The Kier molecular flexibility index (Phi) is 6.66. The standard InChI is InChI=1S/C9H18ClN2O2P/c1-8(2)12(14-15(10)13)9(3,4)6-5-7-11/h8,13H,5-6H2,1-4H3. The van der Waals surface area contributed by atoms with Gasteiger partial charge in [-0.2, -0.15) is 10.3 Å². The van der Waals surface area contributed by atoms with E-state index in [-0.39, 0.29) is 11.6 Å². The lowest BCUT2D eigenvalue weighted by molar-refractivity contribution is -0.155. The molecule has 0 heterocycles. The molecule has 0 aliphatic carbocycles. The number of hydrogen-bond acceptors (Lipinski definition) is 4. The van der Waals surface area contributed by atoms with Crippen molar-refractivity contribution < 1.29 is 9.52 Å². The summed E-state index contributed by atoms with van der Waals surface area (Å²) in [5.41, 5.74) is -0.317. The highest BCUT2D eigenvalue weighted by Crippen LogP contribution is 2.41. The van der Waals surface area contributed by atoms with Gasteiger partial charge in [0.25, 0.3) is 7.73 Å². The van der Waals surface area contributed by atoms with E-state index in [0.29, 0.717) is 12.8 Å². The lowest BCUT2D eigenvalue weighted by Gasteiger charge is -2.39. The van der Waals surface area contributed by atoms with E-state index in [0.717, 1.165) is 0 Å². The third-order valence-corrected chi connectivity index (χ3v) is 2.57. The molecule has 0 amide bonds. The van der Waals surface area contributed by atoms with E-state index >= 15 is 0 Å². The van der Waals surface area contributed by atoms with Crippen molar-refractivity contribution in [1.29, 1.82) is 5.26 Å². The van der Waals surface area contributed by atoms with E-state index in [4.69, 9.17) is 26.0 Å². The average Bonchev–Trinajstić information content (AvgIpc) is 2.10. The van der Waals surface area contributed by atoms with Gasteiger partial charge in [-0.15, -0.1) is 0 Å². The van der Waals surface area contributed by atoms with Crippen LogP contribution in [0.2, 0.25) is 0 Å². The molecule has 15 heavy (non-hydrogen) atoms. The van der Waals surface area contributed by atoms with Crippen LogP contribution in [0.15, 0.2) is 0 Å². The van der Waals surface area contributed by atoms with Crippen LogP contribution in [-0.4, -0.2) is 21.5 Å². The minimum atomic E-state index is -1.94. The first-order valence-corrected chi connectivity index (χ1v) is 6.92. The Bertz CT molecular complexity index is 229. The summed E-state index contributed by atoms with van der Waals surface area (Å²) < 4.78 is 5.18. The predicted molar refractivity (Wildman–Crippen MR) is 62.0 cm³/mol. The Hall–Kier alpha value is 0.0900. The maximum atomic E-state index is 9.06. The molecule has 0 spiro atoms. The lowest BCUT2D eigenvalue weighted by atomic mass is 9.97. The molecule has 0 aromatic rings. The number of nitrogens with zero attached hydrogens (tertiary/aromatic N) is 2. The van der Waals surface area contributed by atoms with E-state index in [1.165, 1.54) is 0 Å². The van der Waals surface area contributed by atoms with E-state index < -0.39 is 7.73 Å². The minimum Gasteiger partial charge on any atom is -0.337 e. The van der Waals surface area contributed by atoms with Gasteiger partial charge in [0.05, 0.1) is 6.07 Å². The number of hydrogen-bond donors (Lipinski definition) is 1. The molecular formula is C9H18ClN2O2P. The zero-order valence-corrected chi connectivity index (χ0v) is 11.2. The van der Waals surface area contributed by atoms with Crippen molar-refractivity contribution in [3.63, 3.8) is 0 Å². The second-order valence-corrected chi connectivity index (χ2v) is 5.68. The van der Waals surface area contributed by atoms with Gasteiger partial charge in [-0.1, -0.05) is 0 Å².